The molecular formula is C17H16ClN3O5. The maximum Gasteiger partial charge on any atom is 0.377 e. The van der Waals surface area contributed by atoms with Crippen molar-refractivity contribution < 1.29 is 23.8 Å². The average Bonchev–Trinajstić information content (AvgIpc) is 3.01. The fraction of sp³-hybridized carbons (Fsp3) is 0.235. The molecule has 1 N–H and O–H groups in total. The maximum absolute atomic E-state index is 12.0. The van der Waals surface area contributed by atoms with Gasteiger partial charge < -0.3 is 19.5 Å². The molecule has 1 aliphatic heterocycles. The third-order valence-corrected chi connectivity index (χ3v) is 3.72. The van der Waals surface area contributed by atoms with Crippen molar-refractivity contribution in [3.8, 4) is 11.3 Å². The van der Waals surface area contributed by atoms with Gasteiger partial charge in [-0.25, -0.2) is 4.79 Å². The molecule has 8 nitrogen and oxygen atoms in total. The number of ether oxygens (including phenoxy) is 3. The molecule has 0 saturated heterocycles. The number of benzene rings is 1. The number of anilines is 1. The Morgan fingerprint density at radius 3 is 2.77 bits per heavy atom. The summed E-state index contributed by atoms with van der Waals surface area (Å²) in [5, 5.41) is 7.60. The van der Waals surface area contributed by atoms with Crippen LogP contribution in [0.3, 0.4) is 0 Å². The number of hydrogen-bond acceptors (Lipinski definition) is 6. The summed E-state index contributed by atoms with van der Waals surface area (Å²) >= 11 is 5.88. The van der Waals surface area contributed by atoms with Gasteiger partial charge in [0.15, 0.2) is 6.61 Å². The molecule has 1 aromatic heterocycles. The summed E-state index contributed by atoms with van der Waals surface area (Å²) in [4.78, 5) is 23.7. The summed E-state index contributed by atoms with van der Waals surface area (Å²) in [5.74, 6) is -0.852. The van der Waals surface area contributed by atoms with Crippen molar-refractivity contribution in [3.63, 3.8) is 0 Å². The Balaban J connectivity index is 1.58. The lowest BCUT2D eigenvalue weighted by molar-refractivity contribution is -0.148. The Morgan fingerprint density at radius 2 is 2.08 bits per heavy atom. The summed E-state index contributed by atoms with van der Waals surface area (Å²) in [6.45, 7) is 0.171. The van der Waals surface area contributed by atoms with E-state index in [-0.39, 0.29) is 12.4 Å². The molecule has 9 heteroatoms. The molecule has 1 aromatic carbocycles. The van der Waals surface area contributed by atoms with Gasteiger partial charge in [0.25, 0.3) is 5.91 Å². The van der Waals surface area contributed by atoms with Crippen LogP contribution < -0.4 is 5.32 Å². The van der Waals surface area contributed by atoms with E-state index in [1.807, 2.05) is 12.1 Å². The first-order valence-electron chi connectivity index (χ1n) is 7.74. The van der Waals surface area contributed by atoms with Gasteiger partial charge in [0.1, 0.15) is 25.3 Å². The van der Waals surface area contributed by atoms with Gasteiger partial charge in [-0.2, -0.15) is 5.10 Å². The van der Waals surface area contributed by atoms with Gasteiger partial charge in [-0.15, -0.1) is 0 Å². The second-order valence-electron chi connectivity index (χ2n) is 5.37. The second kappa shape index (κ2) is 7.92. The van der Waals surface area contributed by atoms with Crippen molar-refractivity contribution in [2.24, 2.45) is 7.05 Å². The topological polar surface area (TPSA) is 91.7 Å². The Kier molecular flexibility index (Phi) is 5.43. The highest BCUT2D eigenvalue weighted by Gasteiger charge is 2.18. The van der Waals surface area contributed by atoms with Gasteiger partial charge in [0, 0.05) is 23.7 Å². The number of halogens is 1. The van der Waals surface area contributed by atoms with Crippen LogP contribution >= 0.6 is 11.6 Å². The molecule has 1 amide bonds. The number of esters is 1. The smallest absolute Gasteiger partial charge is 0.377 e. The lowest BCUT2D eigenvalue weighted by atomic mass is 10.1. The molecule has 0 saturated carbocycles. The SMILES string of the molecule is Cn1nc(-c2ccc(Cl)cc2)cc1NC(=O)COC(=O)C1=COCCO1. The molecule has 136 valence electrons. The van der Waals surface area contributed by atoms with Crippen LogP contribution in [0.2, 0.25) is 5.02 Å². The first-order chi connectivity index (χ1) is 12.5. The number of amides is 1. The van der Waals surface area contributed by atoms with Crippen molar-refractivity contribution in [1.29, 1.82) is 0 Å². The van der Waals surface area contributed by atoms with Crippen molar-refractivity contribution in [2.45, 2.75) is 0 Å². The first kappa shape index (κ1) is 17.8. The van der Waals surface area contributed by atoms with Crippen LogP contribution in [0, 0.1) is 0 Å². The fourth-order valence-corrected chi connectivity index (χ4v) is 2.33. The van der Waals surface area contributed by atoms with Crippen LogP contribution in [-0.2, 0) is 30.8 Å². The fourth-order valence-electron chi connectivity index (χ4n) is 2.20. The van der Waals surface area contributed by atoms with Crippen LogP contribution in [0.15, 0.2) is 42.4 Å². The van der Waals surface area contributed by atoms with E-state index in [2.05, 4.69) is 10.4 Å². The highest BCUT2D eigenvalue weighted by Crippen LogP contribution is 2.23. The summed E-state index contributed by atoms with van der Waals surface area (Å²) in [5.41, 5.74) is 1.53. The van der Waals surface area contributed by atoms with E-state index in [9.17, 15) is 9.59 Å². The van der Waals surface area contributed by atoms with E-state index < -0.39 is 18.5 Å². The van der Waals surface area contributed by atoms with Crippen LogP contribution in [0.5, 0.6) is 0 Å². The number of aromatic nitrogens is 2. The molecule has 26 heavy (non-hydrogen) atoms. The Hall–Kier alpha value is -3.00. The summed E-state index contributed by atoms with van der Waals surface area (Å²) in [6, 6.07) is 8.89. The molecular weight excluding hydrogens is 362 g/mol. The highest BCUT2D eigenvalue weighted by molar-refractivity contribution is 6.30. The molecule has 0 unspecified atom stereocenters. The van der Waals surface area contributed by atoms with E-state index >= 15 is 0 Å². The number of carbonyl (C=O) groups is 2. The molecule has 0 aliphatic carbocycles. The standard InChI is InChI=1S/C17H16ClN3O5/c1-21-15(8-13(20-21)11-2-4-12(18)5-3-11)19-16(22)10-26-17(23)14-9-24-6-7-25-14/h2-5,8-9H,6-7,10H2,1H3,(H,19,22). The Morgan fingerprint density at radius 1 is 1.31 bits per heavy atom. The van der Waals surface area contributed by atoms with E-state index in [0.29, 0.717) is 23.1 Å². The number of aryl methyl sites for hydroxylation is 1. The quantitative estimate of drug-likeness (QED) is 0.802. The summed E-state index contributed by atoms with van der Waals surface area (Å²) < 4.78 is 16.5. The number of carbonyl (C=O) groups excluding carboxylic acids is 2. The Bertz CT molecular complexity index is 845. The number of nitrogens with one attached hydrogen (secondary N) is 1. The predicted molar refractivity (Wildman–Crippen MR) is 93.2 cm³/mol. The lowest BCUT2D eigenvalue weighted by Crippen LogP contribution is -2.24. The molecule has 0 radical (unpaired) electrons. The van der Waals surface area contributed by atoms with Gasteiger partial charge in [-0.1, -0.05) is 23.7 Å². The van der Waals surface area contributed by atoms with E-state index in [0.717, 1.165) is 5.56 Å². The zero-order valence-corrected chi connectivity index (χ0v) is 14.7. The minimum atomic E-state index is -0.758. The van der Waals surface area contributed by atoms with Gasteiger partial charge in [-0.3, -0.25) is 9.48 Å². The molecule has 0 spiro atoms. The van der Waals surface area contributed by atoms with Crippen LogP contribution in [0.25, 0.3) is 11.3 Å². The summed E-state index contributed by atoms with van der Waals surface area (Å²) in [7, 11) is 1.69. The van der Waals surface area contributed by atoms with Crippen LogP contribution in [-0.4, -0.2) is 41.5 Å². The van der Waals surface area contributed by atoms with E-state index in [1.54, 1.807) is 25.2 Å². The van der Waals surface area contributed by atoms with E-state index in [4.69, 9.17) is 25.8 Å². The predicted octanol–water partition coefficient (Wildman–Crippen LogP) is 2.11. The van der Waals surface area contributed by atoms with E-state index in [1.165, 1.54) is 10.9 Å². The lowest BCUT2D eigenvalue weighted by Gasteiger charge is -2.14. The number of rotatable bonds is 5. The molecule has 1 aliphatic rings. The van der Waals surface area contributed by atoms with Gasteiger partial charge in [-0.05, 0) is 12.1 Å². The van der Waals surface area contributed by atoms with Crippen LogP contribution in [0.1, 0.15) is 0 Å². The van der Waals surface area contributed by atoms with Crippen molar-refractivity contribution in [3.05, 3.63) is 47.4 Å². The molecule has 0 atom stereocenters. The third-order valence-electron chi connectivity index (χ3n) is 3.47. The third kappa shape index (κ3) is 4.34. The maximum atomic E-state index is 12.0. The largest absolute Gasteiger partial charge is 0.493 e. The normalized spacial score (nSPS) is 13.2. The first-order valence-corrected chi connectivity index (χ1v) is 8.12. The molecule has 0 fully saturated rings. The van der Waals surface area contributed by atoms with Gasteiger partial charge >= 0.3 is 5.97 Å². The highest BCUT2D eigenvalue weighted by atomic mass is 35.5. The molecule has 2 heterocycles. The number of hydrogen-bond donors (Lipinski definition) is 1. The van der Waals surface area contributed by atoms with Crippen molar-refractivity contribution in [1.82, 2.24) is 9.78 Å². The summed E-state index contributed by atoms with van der Waals surface area (Å²) in [6.07, 6.45) is 1.17. The van der Waals surface area contributed by atoms with Crippen LogP contribution in [0.4, 0.5) is 5.82 Å². The zero-order valence-electron chi connectivity index (χ0n) is 13.9. The second-order valence-corrected chi connectivity index (χ2v) is 5.81. The molecule has 0 bridgehead atoms. The van der Waals surface area contributed by atoms with Crippen molar-refractivity contribution >= 4 is 29.3 Å². The Labute approximate surface area is 154 Å². The average molecular weight is 378 g/mol. The monoisotopic (exact) mass is 377 g/mol. The molecule has 3 rings (SSSR count). The number of nitrogens with zero attached hydrogens (tertiary/aromatic N) is 2. The minimum absolute atomic E-state index is 0.0605. The minimum Gasteiger partial charge on any atom is -0.493 e. The van der Waals surface area contributed by atoms with Gasteiger partial charge in [0.05, 0.1) is 5.69 Å². The zero-order chi connectivity index (χ0) is 18.5. The van der Waals surface area contributed by atoms with Gasteiger partial charge in [0.2, 0.25) is 5.76 Å². The molecule has 2 aromatic rings. The van der Waals surface area contributed by atoms with Crippen molar-refractivity contribution in [2.75, 3.05) is 25.1 Å².